The van der Waals surface area contributed by atoms with Gasteiger partial charge in [-0.05, 0) is 43.7 Å². The van der Waals surface area contributed by atoms with Crippen LogP contribution in [0.1, 0.15) is 35.8 Å². The Hall–Kier alpha value is -2.96. The molecule has 138 valence electrons. The maximum atomic E-state index is 12.3. The molecule has 0 aromatic heterocycles. The topological polar surface area (TPSA) is 67.4 Å². The molecular weight excluding hydrogens is 342 g/mol. The Morgan fingerprint density at radius 1 is 0.923 bits per heavy atom. The summed E-state index contributed by atoms with van der Waals surface area (Å²) in [6.07, 6.45) is 0. The summed E-state index contributed by atoms with van der Waals surface area (Å²) in [5, 5.41) is 5.40. The number of carbonyl (C=O) groups excluding carboxylic acids is 2. The lowest BCUT2D eigenvalue weighted by Crippen LogP contribution is -2.45. The van der Waals surface area contributed by atoms with Crippen LogP contribution in [0.25, 0.3) is 0 Å². The molecule has 26 heavy (non-hydrogen) atoms. The van der Waals surface area contributed by atoms with Crippen molar-refractivity contribution in [2.75, 3.05) is 0 Å². The zero-order chi connectivity index (χ0) is 19.1. The first kappa shape index (κ1) is 19.4. The fraction of sp³-hybridized carbons (Fsp3) is 0.263. The molecule has 2 unspecified atom stereocenters. The fourth-order valence-electron chi connectivity index (χ4n) is 2.29. The zero-order valence-corrected chi connectivity index (χ0v) is 14.4. The number of nitrogens with one attached hydrogen (secondary N) is 2. The van der Waals surface area contributed by atoms with E-state index in [2.05, 4.69) is 15.4 Å². The van der Waals surface area contributed by atoms with Crippen molar-refractivity contribution >= 4 is 11.8 Å². The summed E-state index contributed by atoms with van der Waals surface area (Å²) < 4.78 is 28.6. The number of halogens is 2. The van der Waals surface area contributed by atoms with Crippen LogP contribution in [0.3, 0.4) is 0 Å². The van der Waals surface area contributed by atoms with Crippen molar-refractivity contribution in [1.29, 1.82) is 0 Å². The van der Waals surface area contributed by atoms with E-state index < -0.39 is 12.7 Å². The van der Waals surface area contributed by atoms with Gasteiger partial charge in [-0.1, -0.05) is 30.3 Å². The van der Waals surface area contributed by atoms with Gasteiger partial charge in [0.2, 0.25) is 5.91 Å². The molecule has 2 rings (SSSR count). The van der Waals surface area contributed by atoms with Crippen molar-refractivity contribution in [3.8, 4) is 5.75 Å². The Balaban J connectivity index is 1.90. The highest BCUT2D eigenvalue weighted by atomic mass is 19.3. The maximum Gasteiger partial charge on any atom is 0.387 e. The smallest absolute Gasteiger partial charge is 0.387 e. The molecule has 0 aliphatic rings. The number of benzene rings is 2. The van der Waals surface area contributed by atoms with Gasteiger partial charge in [-0.15, -0.1) is 0 Å². The van der Waals surface area contributed by atoms with Gasteiger partial charge in [0.1, 0.15) is 11.8 Å². The molecule has 2 amide bonds. The molecule has 0 saturated carbocycles. The summed E-state index contributed by atoms with van der Waals surface area (Å²) in [6, 6.07) is 13.5. The molecule has 0 saturated heterocycles. The van der Waals surface area contributed by atoms with Crippen LogP contribution in [0.4, 0.5) is 8.78 Å². The summed E-state index contributed by atoms with van der Waals surface area (Å²) in [7, 11) is 0. The summed E-state index contributed by atoms with van der Waals surface area (Å²) in [5.74, 6) is -0.644. The molecule has 0 spiro atoms. The van der Waals surface area contributed by atoms with E-state index in [-0.39, 0.29) is 23.6 Å². The van der Waals surface area contributed by atoms with Gasteiger partial charge in [-0.2, -0.15) is 8.78 Å². The van der Waals surface area contributed by atoms with Gasteiger partial charge in [0, 0.05) is 5.56 Å². The number of rotatable bonds is 7. The van der Waals surface area contributed by atoms with Gasteiger partial charge in [-0.25, -0.2) is 0 Å². The number of hydrogen-bond acceptors (Lipinski definition) is 3. The Morgan fingerprint density at radius 3 is 2.12 bits per heavy atom. The third kappa shape index (κ3) is 5.54. The van der Waals surface area contributed by atoms with Gasteiger partial charge >= 0.3 is 6.61 Å². The van der Waals surface area contributed by atoms with Crippen molar-refractivity contribution in [2.45, 2.75) is 32.5 Å². The van der Waals surface area contributed by atoms with Crippen LogP contribution in [0, 0.1) is 0 Å². The highest BCUT2D eigenvalue weighted by molar-refractivity contribution is 5.97. The maximum absolute atomic E-state index is 12.3. The summed E-state index contributed by atoms with van der Waals surface area (Å²) >= 11 is 0. The quantitative estimate of drug-likeness (QED) is 0.794. The van der Waals surface area contributed by atoms with Gasteiger partial charge < -0.3 is 15.4 Å². The normalized spacial score (nSPS) is 13.0. The van der Waals surface area contributed by atoms with Crippen LogP contribution in [-0.2, 0) is 4.79 Å². The first-order chi connectivity index (χ1) is 12.4. The average Bonchev–Trinajstić information content (AvgIpc) is 2.62. The molecule has 0 radical (unpaired) electrons. The molecule has 7 heteroatoms. The van der Waals surface area contributed by atoms with Gasteiger partial charge in [0.25, 0.3) is 5.91 Å². The van der Waals surface area contributed by atoms with Gasteiger partial charge in [-0.3, -0.25) is 9.59 Å². The molecule has 0 aliphatic carbocycles. The predicted octanol–water partition coefficient (Wildman–Crippen LogP) is 3.28. The lowest BCUT2D eigenvalue weighted by atomic mass is 10.1. The van der Waals surface area contributed by atoms with E-state index in [0.29, 0.717) is 5.56 Å². The van der Waals surface area contributed by atoms with E-state index in [4.69, 9.17) is 0 Å². The number of amides is 2. The van der Waals surface area contributed by atoms with Crippen LogP contribution in [0.5, 0.6) is 5.75 Å². The van der Waals surface area contributed by atoms with E-state index in [0.717, 1.165) is 5.56 Å². The highest BCUT2D eigenvalue weighted by Crippen LogP contribution is 2.19. The van der Waals surface area contributed by atoms with E-state index in [1.54, 1.807) is 56.3 Å². The van der Waals surface area contributed by atoms with Crippen LogP contribution in [0.2, 0.25) is 0 Å². The minimum atomic E-state index is -2.88. The summed E-state index contributed by atoms with van der Waals surface area (Å²) in [5.41, 5.74) is 1.19. The molecule has 2 aromatic rings. The molecule has 0 bridgehead atoms. The number of alkyl halides is 2. The lowest BCUT2D eigenvalue weighted by molar-refractivity contribution is -0.123. The van der Waals surface area contributed by atoms with E-state index in [9.17, 15) is 18.4 Å². The second-order valence-electron chi connectivity index (χ2n) is 5.74. The molecular formula is C19H20F2N2O3. The highest BCUT2D eigenvalue weighted by Gasteiger charge is 2.19. The molecule has 2 aromatic carbocycles. The second kappa shape index (κ2) is 8.94. The molecule has 0 fully saturated rings. The Kier molecular flexibility index (Phi) is 6.66. The second-order valence-corrected chi connectivity index (χ2v) is 5.74. The van der Waals surface area contributed by atoms with Crippen molar-refractivity contribution in [1.82, 2.24) is 10.6 Å². The minimum Gasteiger partial charge on any atom is -0.435 e. The standard InChI is InChI=1S/C19H20F2N2O3/c1-12(14-8-10-16(11-9-14)26-19(20)21)22-17(24)13(2)23-18(25)15-6-4-3-5-7-15/h3-13,19H,1-2H3,(H,22,24)(H,23,25). The first-order valence-corrected chi connectivity index (χ1v) is 8.08. The van der Waals surface area contributed by atoms with Crippen LogP contribution >= 0.6 is 0 Å². The van der Waals surface area contributed by atoms with E-state index in [1.807, 2.05) is 0 Å². The van der Waals surface area contributed by atoms with Crippen molar-refractivity contribution in [2.24, 2.45) is 0 Å². The zero-order valence-electron chi connectivity index (χ0n) is 14.4. The number of ether oxygens (including phenoxy) is 1. The summed E-state index contributed by atoms with van der Waals surface area (Å²) in [4.78, 5) is 24.3. The number of carbonyl (C=O) groups is 2. The SMILES string of the molecule is CC(NC(=O)c1ccccc1)C(=O)NC(C)c1ccc(OC(F)F)cc1. The van der Waals surface area contributed by atoms with Gasteiger partial charge in [0.15, 0.2) is 0 Å². The third-order valence-corrected chi connectivity index (χ3v) is 3.74. The van der Waals surface area contributed by atoms with E-state index in [1.165, 1.54) is 12.1 Å². The fourth-order valence-corrected chi connectivity index (χ4v) is 2.29. The first-order valence-electron chi connectivity index (χ1n) is 8.08. The molecule has 0 aliphatic heterocycles. The lowest BCUT2D eigenvalue weighted by Gasteiger charge is -2.19. The molecule has 0 heterocycles. The Morgan fingerprint density at radius 2 is 1.54 bits per heavy atom. The van der Waals surface area contributed by atoms with Crippen LogP contribution in [0.15, 0.2) is 54.6 Å². The average molecular weight is 362 g/mol. The minimum absolute atomic E-state index is 0.0470. The molecule has 2 atom stereocenters. The Labute approximate surface area is 150 Å². The monoisotopic (exact) mass is 362 g/mol. The molecule has 5 nitrogen and oxygen atoms in total. The van der Waals surface area contributed by atoms with Crippen molar-refractivity contribution < 1.29 is 23.1 Å². The van der Waals surface area contributed by atoms with Crippen LogP contribution in [-0.4, -0.2) is 24.5 Å². The number of hydrogen-bond donors (Lipinski definition) is 2. The van der Waals surface area contributed by atoms with E-state index >= 15 is 0 Å². The third-order valence-electron chi connectivity index (χ3n) is 3.74. The van der Waals surface area contributed by atoms with Crippen molar-refractivity contribution in [3.05, 3.63) is 65.7 Å². The predicted molar refractivity (Wildman–Crippen MR) is 93.0 cm³/mol. The largest absolute Gasteiger partial charge is 0.435 e. The molecule has 2 N–H and O–H groups in total. The Bertz CT molecular complexity index is 736. The summed E-state index contributed by atoms with van der Waals surface area (Å²) in [6.45, 7) is 0.460. The van der Waals surface area contributed by atoms with Crippen LogP contribution < -0.4 is 15.4 Å². The van der Waals surface area contributed by atoms with Crippen molar-refractivity contribution in [3.63, 3.8) is 0 Å². The van der Waals surface area contributed by atoms with Gasteiger partial charge in [0.05, 0.1) is 6.04 Å².